The molecule has 3 heteroatoms. The summed E-state index contributed by atoms with van der Waals surface area (Å²) in [7, 11) is 0. The predicted molar refractivity (Wildman–Crippen MR) is 55.7 cm³/mol. The summed E-state index contributed by atoms with van der Waals surface area (Å²) in [6, 6.07) is 0.203. The van der Waals surface area contributed by atoms with E-state index in [0.717, 1.165) is 32.4 Å². The summed E-state index contributed by atoms with van der Waals surface area (Å²) < 4.78 is 0. The van der Waals surface area contributed by atoms with Crippen molar-refractivity contribution >= 4 is 5.91 Å². The number of hydrogen-bond acceptors (Lipinski definition) is 2. The SMILES string of the molecule is CC1(C)CC1C(=O)N1CCC[C@@H](N)C1. The van der Waals surface area contributed by atoms with Gasteiger partial charge >= 0.3 is 0 Å². The van der Waals surface area contributed by atoms with Gasteiger partial charge in [0.05, 0.1) is 0 Å². The molecule has 1 saturated carbocycles. The number of nitrogens with zero attached hydrogens (tertiary/aromatic N) is 1. The molecule has 1 amide bonds. The predicted octanol–water partition coefficient (Wildman–Crippen LogP) is 0.982. The molecule has 1 heterocycles. The van der Waals surface area contributed by atoms with Crippen LogP contribution in [-0.4, -0.2) is 29.9 Å². The van der Waals surface area contributed by atoms with E-state index < -0.39 is 0 Å². The minimum absolute atomic E-state index is 0.203. The summed E-state index contributed by atoms with van der Waals surface area (Å²) in [4.78, 5) is 14.0. The molecule has 80 valence electrons. The molecule has 0 aromatic rings. The van der Waals surface area contributed by atoms with Crippen molar-refractivity contribution in [3.8, 4) is 0 Å². The summed E-state index contributed by atoms with van der Waals surface area (Å²) in [5.74, 6) is 0.609. The van der Waals surface area contributed by atoms with Crippen molar-refractivity contribution in [3.63, 3.8) is 0 Å². The van der Waals surface area contributed by atoms with Crippen LogP contribution in [0.15, 0.2) is 0 Å². The van der Waals surface area contributed by atoms with Gasteiger partial charge in [0.2, 0.25) is 5.91 Å². The van der Waals surface area contributed by atoms with Gasteiger partial charge in [-0.3, -0.25) is 4.79 Å². The first-order chi connectivity index (χ1) is 6.50. The lowest BCUT2D eigenvalue weighted by atomic mass is 10.0. The maximum atomic E-state index is 12.0. The maximum Gasteiger partial charge on any atom is 0.226 e. The van der Waals surface area contributed by atoms with Crippen molar-refractivity contribution in [3.05, 3.63) is 0 Å². The van der Waals surface area contributed by atoms with Gasteiger partial charge in [-0.1, -0.05) is 13.8 Å². The summed E-state index contributed by atoms with van der Waals surface area (Å²) in [6.45, 7) is 6.02. The molecular formula is C11H20N2O. The highest BCUT2D eigenvalue weighted by Gasteiger charge is 2.52. The number of nitrogens with two attached hydrogens (primary N) is 1. The fraction of sp³-hybridized carbons (Fsp3) is 0.909. The van der Waals surface area contributed by atoms with Gasteiger partial charge in [0, 0.05) is 25.0 Å². The zero-order valence-corrected chi connectivity index (χ0v) is 9.12. The van der Waals surface area contributed by atoms with E-state index in [4.69, 9.17) is 5.73 Å². The van der Waals surface area contributed by atoms with Crippen LogP contribution in [0, 0.1) is 11.3 Å². The van der Waals surface area contributed by atoms with E-state index in [1.807, 2.05) is 4.90 Å². The van der Waals surface area contributed by atoms with E-state index in [9.17, 15) is 4.79 Å². The smallest absolute Gasteiger partial charge is 0.226 e. The van der Waals surface area contributed by atoms with E-state index in [0.29, 0.717) is 5.91 Å². The Bertz CT molecular complexity index is 250. The monoisotopic (exact) mass is 196 g/mol. The lowest BCUT2D eigenvalue weighted by Crippen LogP contribution is -2.46. The lowest BCUT2D eigenvalue weighted by molar-refractivity contribution is -0.134. The second kappa shape index (κ2) is 3.23. The Balaban J connectivity index is 1.92. The van der Waals surface area contributed by atoms with Crippen molar-refractivity contribution < 1.29 is 4.79 Å². The molecule has 2 atom stereocenters. The third kappa shape index (κ3) is 1.78. The lowest BCUT2D eigenvalue weighted by Gasteiger charge is -2.31. The van der Waals surface area contributed by atoms with E-state index in [1.54, 1.807) is 0 Å². The van der Waals surface area contributed by atoms with Crippen molar-refractivity contribution in [2.75, 3.05) is 13.1 Å². The molecule has 1 unspecified atom stereocenters. The molecule has 3 nitrogen and oxygen atoms in total. The van der Waals surface area contributed by atoms with Crippen LogP contribution in [0.1, 0.15) is 33.1 Å². The zero-order chi connectivity index (χ0) is 10.3. The molecule has 1 aliphatic heterocycles. The minimum atomic E-state index is 0.203. The van der Waals surface area contributed by atoms with Crippen LogP contribution < -0.4 is 5.73 Å². The molecule has 2 rings (SSSR count). The molecule has 2 fully saturated rings. The molecule has 14 heavy (non-hydrogen) atoms. The average Bonchev–Trinajstić information content (AvgIpc) is 2.74. The van der Waals surface area contributed by atoms with Gasteiger partial charge < -0.3 is 10.6 Å². The highest BCUT2D eigenvalue weighted by molar-refractivity contribution is 5.82. The number of piperidine rings is 1. The fourth-order valence-corrected chi connectivity index (χ4v) is 2.32. The number of likely N-dealkylation sites (tertiary alicyclic amines) is 1. The minimum Gasteiger partial charge on any atom is -0.341 e. The zero-order valence-electron chi connectivity index (χ0n) is 9.12. The third-order valence-electron chi connectivity index (χ3n) is 3.58. The van der Waals surface area contributed by atoms with Crippen molar-refractivity contribution in [1.82, 2.24) is 4.90 Å². The van der Waals surface area contributed by atoms with Crippen LogP contribution in [0.25, 0.3) is 0 Å². The van der Waals surface area contributed by atoms with Gasteiger partial charge in [0.1, 0.15) is 0 Å². The number of amides is 1. The van der Waals surface area contributed by atoms with Gasteiger partial charge in [0.25, 0.3) is 0 Å². The quantitative estimate of drug-likeness (QED) is 0.679. The summed E-state index contributed by atoms with van der Waals surface area (Å²) in [5, 5.41) is 0. The van der Waals surface area contributed by atoms with Gasteiger partial charge in [0.15, 0.2) is 0 Å². The van der Waals surface area contributed by atoms with Crippen LogP contribution >= 0.6 is 0 Å². The first kappa shape index (κ1) is 9.97. The Labute approximate surface area is 85.6 Å². The molecule has 2 aliphatic rings. The van der Waals surface area contributed by atoms with E-state index in [2.05, 4.69) is 13.8 Å². The Hall–Kier alpha value is -0.570. The van der Waals surface area contributed by atoms with Crippen LogP contribution in [0.4, 0.5) is 0 Å². The number of carbonyl (C=O) groups excluding carboxylic acids is 1. The average molecular weight is 196 g/mol. The second-order valence-electron chi connectivity index (χ2n) is 5.43. The third-order valence-corrected chi connectivity index (χ3v) is 3.58. The summed E-state index contributed by atoms with van der Waals surface area (Å²) in [6.07, 6.45) is 3.19. The highest BCUT2D eigenvalue weighted by Crippen LogP contribution is 2.52. The number of rotatable bonds is 1. The molecule has 1 saturated heterocycles. The highest BCUT2D eigenvalue weighted by atomic mass is 16.2. The first-order valence-electron chi connectivity index (χ1n) is 5.55. The van der Waals surface area contributed by atoms with Crippen LogP contribution in [0.3, 0.4) is 0 Å². The Morgan fingerprint density at radius 1 is 1.50 bits per heavy atom. The van der Waals surface area contributed by atoms with E-state index in [-0.39, 0.29) is 17.4 Å². The molecule has 0 aromatic heterocycles. The van der Waals surface area contributed by atoms with Gasteiger partial charge in [-0.15, -0.1) is 0 Å². The summed E-state index contributed by atoms with van der Waals surface area (Å²) in [5.41, 5.74) is 6.11. The molecular weight excluding hydrogens is 176 g/mol. The number of hydrogen-bond donors (Lipinski definition) is 1. The van der Waals surface area contributed by atoms with E-state index in [1.165, 1.54) is 0 Å². The fourth-order valence-electron chi connectivity index (χ4n) is 2.32. The van der Waals surface area contributed by atoms with Gasteiger partial charge in [-0.05, 0) is 24.7 Å². The second-order valence-corrected chi connectivity index (χ2v) is 5.43. The topological polar surface area (TPSA) is 46.3 Å². The van der Waals surface area contributed by atoms with Crippen molar-refractivity contribution in [1.29, 1.82) is 0 Å². The van der Waals surface area contributed by atoms with Gasteiger partial charge in [-0.25, -0.2) is 0 Å². The van der Waals surface area contributed by atoms with E-state index >= 15 is 0 Å². The van der Waals surface area contributed by atoms with Crippen LogP contribution in [0.2, 0.25) is 0 Å². The molecule has 2 N–H and O–H groups in total. The van der Waals surface area contributed by atoms with Crippen molar-refractivity contribution in [2.24, 2.45) is 17.1 Å². The molecule has 0 bridgehead atoms. The Morgan fingerprint density at radius 3 is 2.64 bits per heavy atom. The Kier molecular flexibility index (Phi) is 2.30. The normalized spacial score (nSPS) is 35.5. The Morgan fingerprint density at radius 2 is 2.14 bits per heavy atom. The van der Waals surface area contributed by atoms with Crippen molar-refractivity contribution in [2.45, 2.75) is 39.2 Å². The largest absolute Gasteiger partial charge is 0.341 e. The standard InChI is InChI=1S/C11H20N2O/c1-11(2)6-9(11)10(14)13-5-3-4-8(12)7-13/h8-9H,3-7,12H2,1-2H3/t8-,9?/m1/s1. The van der Waals surface area contributed by atoms with Crippen LogP contribution in [0.5, 0.6) is 0 Å². The van der Waals surface area contributed by atoms with Crippen LogP contribution in [-0.2, 0) is 4.79 Å². The molecule has 1 aliphatic carbocycles. The molecule has 0 spiro atoms. The summed E-state index contributed by atoms with van der Waals surface area (Å²) >= 11 is 0. The molecule has 0 aromatic carbocycles. The first-order valence-corrected chi connectivity index (χ1v) is 5.55. The van der Waals surface area contributed by atoms with Gasteiger partial charge in [-0.2, -0.15) is 0 Å². The maximum absolute atomic E-state index is 12.0. The number of carbonyl (C=O) groups is 1. The molecule has 0 radical (unpaired) electrons.